The third-order valence-electron chi connectivity index (χ3n) is 4.62. The summed E-state index contributed by atoms with van der Waals surface area (Å²) in [6.07, 6.45) is 12.6. The minimum absolute atomic E-state index is 0.834. The van der Waals surface area contributed by atoms with Crippen molar-refractivity contribution in [2.75, 3.05) is 26.2 Å². The molecular weight excluding hydrogens is 244 g/mol. The van der Waals surface area contributed by atoms with E-state index in [2.05, 4.69) is 31.0 Å². The molecule has 2 nitrogen and oxygen atoms in total. The van der Waals surface area contributed by atoms with Crippen molar-refractivity contribution in [2.45, 2.75) is 84.6 Å². The molecule has 0 aromatic carbocycles. The molecule has 1 rings (SSSR count). The van der Waals surface area contributed by atoms with Gasteiger partial charge in [0.15, 0.2) is 0 Å². The van der Waals surface area contributed by atoms with Gasteiger partial charge in [-0.15, -0.1) is 0 Å². The van der Waals surface area contributed by atoms with Gasteiger partial charge in [-0.05, 0) is 44.7 Å². The van der Waals surface area contributed by atoms with E-state index < -0.39 is 0 Å². The number of nitrogens with one attached hydrogen (secondary N) is 1. The summed E-state index contributed by atoms with van der Waals surface area (Å²) < 4.78 is 0. The average molecular weight is 283 g/mol. The molecule has 0 aromatic heterocycles. The third-order valence-corrected chi connectivity index (χ3v) is 4.62. The molecule has 0 amide bonds. The van der Waals surface area contributed by atoms with Gasteiger partial charge < -0.3 is 5.32 Å². The molecule has 0 bridgehead atoms. The molecule has 20 heavy (non-hydrogen) atoms. The lowest BCUT2D eigenvalue weighted by molar-refractivity contribution is 0.188. The minimum Gasteiger partial charge on any atom is -0.315 e. The lowest BCUT2D eigenvalue weighted by Gasteiger charge is -2.29. The van der Waals surface area contributed by atoms with Gasteiger partial charge in [0.2, 0.25) is 0 Å². The number of unbranched alkanes of at least 4 members (excludes halogenated alkanes) is 3. The molecule has 1 N–H and O–H groups in total. The zero-order valence-corrected chi connectivity index (χ0v) is 14.3. The molecule has 1 fully saturated rings. The van der Waals surface area contributed by atoms with E-state index in [9.17, 15) is 0 Å². The Morgan fingerprint density at radius 1 is 1.00 bits per heavy atom. The summed E-state index contributed by atoms with van der Waals surface area (Å²) in [5, 5.41) is 3.64. The Balaban J connectivity index is 2.12. The van der Waals surface area contributed by atoms with Crippen LogP contribution in [-0.4, -0.2) is 37.1 Å². The SMILES string of the molecule is CCCCCCNCCN(CCC(C)C)C1CCCC1. The van der Waals surface area contributed by atoms with E-state index in [1.54, 1.807) is 0 Å². The van der Waals surface area contributed by atoms with Crippen LogP contribution in [0.5, 0.6) is 0 Å². The monoisotopic (exact) mass is 282 g/mol. The maximum absolute atomic E-state index is 3.64. The van der Waals surface area contributed by atoms with Crippen LogP contribution in [0.4, 0.5) is 0 Å². The first kappa shape index (κ1) is 18.0. The number of nitrogens with zero attached hydrogens (tertiary/aromatic N) is 1. The van der Waals surface area contributed by atoms with E-state index in [1.807, 2.05) is 0 Å². The van der Waals surface area contributed by atoms with Crippen molar-refractivity contribution in [2.24, 2.45) is 5.92 Å². The summed E-state index contributed by atoms with van der Waals surface area (Å²) in [6.45, 7) is 11.9. The lowest BCUT2D eigenvalue weighted by atomic mass is 10.1. The Bertz CT molecular complexity index is 209. The van der Waals surface area contributed by atoms with Crippen molar-refractivity contribution >= 4 is 0 Å². The van der Waals surface area contributed by atoms with E-state index >= 15 is 0 Å². The second-order valence-corrected chi connectivity index (χ2v) is 6.97. The van der Waals surface area contributed by atoms with Gasteiger partial charge in [-0.1, -0.05) is 52.9 Å². The van der Waals surface area contributed by atoms with Gasteiger partial charge in [0, 0.05) is 19.1 Å². The standard InChI is InChI=1S/C18H38N2/c1-4-5-6-9-13-19-14-16-20(15-12-17(2)3)18-10-7-8-11-18/h17-19H,4-16H2,1-3H3. The number of rotatable bonds is 12. The predicted octanol–water partition coefficient (Wildman–Crippen LogP) is 4.45. The molecule has 1 saturated carbocycles. The van der Waals surface area contributed by atoms with Crippen LogP contribution in [0.2, 0.25) is 0 Å². The molecule has 0 heterocycles. The highest BCUT2D eigenvalue weighted by atomic mass is 15.2. The first-order valence-electron chi connectivity index (χ1n) is 9.18. The van der Waals surface area contributed by atoms with Crippen LogP contribution in [0.15, 0.2) is 0 Å². The Labute approximate surface area is 127 Å². The van der Waals surface area contributed by atoms with Crippen LogP contribution >= 0.6 is 0 Å². The van der Waals surface area contributed by atoms with E-state index in [0.29, 0.717) is 0 Å². The van der Waals surface area contributed by atoms with Crippen LogP contribution in [0.1, 0.15) is 78.6 Å². The molecule has 0 aliphatic heterocycles. The number of hydrogen-bond donors (Lipinski definition) is 1. The second kappa shape index (κ2) is 11.6. The molecular formula is C18H38N2. The highest BCUT2D eigenvalue weighted by molar-refractivity contribution is 4.78. The van der Waals surface area contributed by atoms with E-state index in [-0.39, 0.29) is 0 Å². The summed E-state index contributed by atoms with van der Waals surface area (Å²) >= 11 is 0. The van der Waals surface area contributed by atoms with Crippen LogP contribution < -0.4 is 5.32 Å². The summed E-state index contributed by atoms with van der Waals surface area (Å²) in [5.41, 5.74) is 0. The highest BCUT2D eigenvalue weighted by Crippen LogP contribution is 2.23. The van der Waals surface area contributed by atoms with Gasteiger partial charge in [-0.25, -0.2) is 0 Å². The van der Waals surface area contributed by atoms with Crippen LogP contribution in [0.25, 0.3) is 0 Å². The van der Waals surface area contributed by atoms with Crippen molar-refractivity contribution < 1.29 is 0 Å². The second-order valence-electron chi connectivity index (χ2n) is 6.97. The van der Waals surface area contributed by atoms with Crippen molar-refractivity contribution in [1.29, 1.82) is 0 Å². The maximum atomic E-state index is 3.64. The van der Waals surface area contributed by atoms with Gasteiger partial charge in [0.05, 0.1) is 0 Å². The molecule has 2 heteroatoms. The molecule has 0 radical (unpaired) electrons. The molecule has 120 valence electrons. The number of hydrogen-bond acceptors (Lipinski definition) is 2. The summed E-state index contributed by atoms with van der Waals surface area (Å²) in [5.74, 6) is 0.834. The summed E-state index contributed by atoms with van der Waals surface area (Å²) in [6, 6.07) is 0.885. The highest BCUT2D eigenvalue weighted by Gasteiger charge is 2.21. The zero-order valence-electron chi connectivity index (χ0n) is 14.3. The van der Waals surface area contributed by atoms with Gasteiger partial charge in [-0.2, -0.15) is 0 Å². The van der Waals surface area contributed by atoms with Gasteiger partial charge in [0.1, 0.15) is 0 Å². The Kier molecular flexibility index (Phi) is 10.4. The Hall–Kier alpha value is -0.0800. The average Bonchev–Trinajstić information content (AvgIpc) is 2.94. The molecule has 0 saturated heterocycles. The first-order chi connectivity index (χ1) is 9.74. The predicted molar refractivity (Wildman–Crippen MR) is 90.3 cm³/mol. The first-order valence-corrected chi connectivity index (χ1v) is 9.18. The Morgan fingerprint density at radius 2 is 1.75 bits per heavy atom. The third kappa shape index (κ3) is 8.26. The van der Waals surface area contributed by atoms with Crippen LogP contribution in [0, 0.1) is 5.92 Å². The van der Waals surface area contributed by atoms with Crippen LogP contribution in [0.3, 0.4) is 0 Å². The summed E-state index contributed by atoms with van der Waals surface area (Å²) in [7, 11) is 0. The molecule has 1 aliphatic rings. The topological polar surface area (TPSA) is 15.3 Å². The smallest absolute Gasteiger partial charge is 0.0110 e. The molecule has 0 aromatic rings. The Morgan fingerprint density at radius 3 is 2.40 bits per heavy atom. The van der Waals surface area contributed by atoms with Crippen LogP contribution in [-0.2, 0) is 0 Å². The fourth-order valence-electron chi connectivity index (χ4n) is 3.19. The van der Waals surface area contributed by atoms with E-state index in [4.69, 9.17) is 0 Å². The fourth-order valence-corrected chi connectivity index (χ4v) is 3.19. The van der Waals surface area contributed by atoms with Crippen molar-refractivity contribution in [1.82, 2.24) is 10.2 Å². The van der Waals surface area contributed by atoms with E-state index in [1.165, 1.54) is 84.0 Å². The maximum Gasteiger partial charge on any atom is 0.0110 e. The molecule has 0 unspecified atom stereocenters. The largest absolute Gasteiger partial charge is 0.315 e. The van der Waals surface area contributed by atoms with Gasteiger partial charge >= 0.3 is 0 Å². The van der Waals surface area contributed by atoms with E-state index in [0.717, 1.165) is 12.0 Å². The summed E-state index contributed by atoms with van der Waals surface area (Å²) in [4.78, 5) is 2.77. The molecule has 1 aliphatic carbocycles. The molecule has 0 spiro atoms. The van der Waals surface area contributed by atoms with Gasteiger partial charge in [0.25, 0.3) is 0 Å². The van der Waals surface area contributed by atoms with Crippen molar-refractivity contribution in [3.63, 3.8) is 0 Å². The molecule has 0 atom stereocenters. The normalized spacial score (nSPS) is 16.6. The van der Waals surface area contributed by atoms with Gasteiger partial charge in [-0.3, -0.25) is 4.90 Å². The minimum atomic E-state index is 0.834. The van der Waals surface area contributed by atoms with Crippen molar-refractivity contribution in [3.05, 3.63) is 0 Å². The quantitative estimate of drug-likeness (QED) is 0.532. The fraction of sp³-hybridized carbons (Fsp3) is 1.00. The van der Waals surface area contributed by atoms with Crippen molar-refractivity contribution in [3.8, 4) is 0 Å². The zero-order chi connectivity index (χ0) is 14.6. The lowest BCUT2D eigenvalue weighted by Crippen LogP contribution is -2.39.